The highest BCUT2D eigenvalue weighted by Gasteiger charge is 2.16. The number of nitrogens with zero attached hydrogens (tertiary/aromatic N) is 1. The molecule has 1 aliphatic rings. The number of urea groups is 1. The van der Waals surface area contributed by atoms with E-state index in [-0.39, 0.29) is 17.8 Å². The standard InChI is InChI=1S/C17H26FN3O3/c1-12(2)24-14-4-5-16(15(18)10-14)20-17(22)19-13(3)11-21-6-8-23-9-7-21/h4-5,10,12-13H,6-9,11H2,1-3H3,(H2,19,20,22)/t13-/m1/s1. The Balaban J connectivity index is 1.82. The smallest absolute Gasteiger partial charge is 0.319 e. The predicted octanol–water partition coefficient (Wildman–Crippen LogP) is 2.46. The molecule has 24 heavy (non-hydrogen) atoms. The fourth-order valence-electron chi connectivity index (χ4n) is 2.54. The largest absolute Gasteiger partial charge is 0.491 e. The first-order valence-corrected chi connectivity index (χ1v) is 8.28. The number of carbonyl (C=O) groups is 1. The Morgan fingerprint density at radius 2 is 2.04 bits per heavy atom. The van der Waals surface area contributed by atoms with Crippen LogP contribution in [0.5, 0.6) is 5.75 Å². The Morgan fingerprint density at radius 1 is 1.33 bits per heavy atom. The van der Waals surface area contributed by atoms with E-state index < -0.39 is 11.8 Å². The molecular formula is C17H26FN3O3. The number of benzene rings is 1. The molecule has 0 aliphatic carbocycles. The van der Waals surface area contributed by atoms with Gasteiger partial charge in [-0.2, -0.15) is 0 Å². The van der Waals surface area contributed by atoms with Crippen molar-refractivity contribution in [3.63, 3.8) is 0 Å². The number of hydrogen-bond acceptors (Lipinski definition) is 4. The Hall–Kier alpha value is -1.86. The molecule has 0 bridgehead atoms. The molecule has 1 aromatic rings. The van der Waals surface area contributed by atoms with Gasteiger partial charge in [0.2, 0.25) is 0 Å². The van der Waals surface area contributed by atoms with Crippen LogP contribution >= 0.6 is 0 Å². The second-order valence-corrected chi connectivity index (χ2v) is 6.22. The van der Waals surface area contributed by atoms with Gasteiger partial charge >= 0.3 is 6.03 Å². The molecule has 1 aliphatic heterocycles. The minimum absolute atomic E-state index is 0.0347. The third-order valence-corrected chi connectivity index (χ3v) is 3.57. The molecule has 1 aromatic carbocycles. The van der Waals surface area contributed by atoms with Crippen molar-refractivity contribution < 1.29 is 18.7 Å². The summed E-state index contributed by atoms with van der Waals surface area (Å²) in [5, 5.41) is 5.35. The first-order chi connectivity index (χ1) is 11.4. The van der Waals surface area contributed by atoms with Gasteiger partial charge in [-0.05, 0) is 32.9 Å². The Morgan fingerprint density at radius 3 is 2.67 bits per heavy atom. The van der Waals surface area contributed by atoms with Crippen LogP contribution in [0.2, 0.25) is 0 Å². The van der Waals surface area contributed by atoms with Gasteiger partial charge in [-0.25, -0.2) is 9.18 Å². The molecule has 2 N–H and O–H groups in total. The maximum absolute atomic E-state index is 14.0. The lowest BCUT2D eigenvalue weighted by Crippen LogP contribution is -2.47. The monoisotopic (exact) mass is 339 g/mol. The van der Waals surface area contributed by atoms with Gasteiger partial charge in [-0.3, -0.25) is 4.90 Å². The highest BCUT2D eigenvalue weighted by molar-refractivity contribution is 5.89. The summed E-state index contributed by atoms with van der Waals surface area (Å²) >= 11 is 0. The fraction of sp³-hybridized carbons (Fsp3) is 0.588. The van der Waals surface area contributed by atoms with E-state index in [1.54, 1.807) is 6.07 Å². The number of halogens is 1. The van der Waals surface area contributed by atoms with Crippen molar-refractivity contribution in [3.05, 3.63) is 24.0 Å². The molecule has 0 radical (unpaired) electrons. The number of hydrogen-bond donors (Lipinski definition) is 2. The normalized spacial score (nSPS) is 16.7. The average Bonchev–Trinajstić information content (AvgIpc) is 2.50. The summed E-state index contributed by atoms with van der Waals surface area (Å²) in [6.07, 6.45) is -0.0347. The van der Waals surface area contributed by atoms with Gasteiger partial charge in [-0.15, -0.1) is 0 Å². The fourth-order valence-corrected chi connectivity index (χ4v) is 2.54. The van der Waals surface area contributed by atoms with Gasteiger partial charge in [-0.1, -0.05) is 0 Å². The molecule has 6 nitrogen and oxygen atoms in total. The van der Waals surface area contributed by atoms with E-state index in [1.807, 2.05) is 20.8 Å². The molecule has 2 rings (SSSR count). The van der Waals surface area contributed by atoms with Gasteiger partial charge in [0.25, 0.3) is 0 Å². The van der Waals surface area contributed by atoms with Gasteiger partial charge in [0.15, 0.2) is 0 Å². The molecular weight excluding hydrogens is 313 g/mol. The minimum atomic E-state index is -0.524. The highest BCUT2D eigenvalue weighted by Crippen LogP contribution is 2.21. The van der Waals surface area contributed by atoms with Gasteiger partial charge in [0, 0.05) is 31.7 Å². The number of ether oxygens (including phenoxy) is 2. The van der Waals surface area contributed by atoms with Crippen molar-refractivity contribution in [2.24, 2.45) is 0 Å². The first kappa shape index (κ1) is 18.5. The summed E-state index contributed by atoms with van der Waals surface area (Å²) in [4.78, 5) is 14.2. The first-order valence-electron chi connectivity index (χ1n) is 8.28. The second kappa shape index (κ2) is 8.84. The third-order valence-electron chi connectivity index (χ3n) is 3.57. The molecule has 1 atom stereocenters. The van der Waals surface area contributed by atoms with E-state index in [1.165, 1.54) is 12.1 Å². The molecule has 0 unspecified atom stereocenters. The lowest BCUT2D eigenvalue weighted by molar-refractivity contribution is 0.0350. The maximum atomic E-state index is 14.0. The lowest BCUT2D eigenvalue weighted by atomic mass is 10.2. The quantitative estimate of drug-likeness (QED) is 0.836. The average molecular weight is 339 g/mol. The van der Waals surface area contributed by atoms with E-state index in [0.29, 0.717) is 5.75 Å². The van der Waals surface area contributed by atoms with E-state index in [2.05, 4.69) is 15.5 Å². The molecule has 0 spiro atoms. The second-order valence-electron chi connectivity index (χ2n) is 6.22. The zero-order valence-corrected chi connectivity index (χ0v) is 14.5. The van der Waals surface area contributed by atoms with E-state index in [4.69, 9.17) is 9.47 Å². The maximum Gasteiger partial charge on any atom is 0.319 e. The van der Waals surface area contributed by atoms with Gasteiger partial charge < -0.3 is 20.1 Å². The van der Waals surface area contributed by atoms with Crippen LogP contribution in [0.25, 0.3) is 0 Å². The summed E-state index contributed by atoms with van der Waals surface area (Å²) in [6, 6.07) is 3.93. The summed E-state index contributed by atoms with van der Waals surface area (Å²) in [5.41, 5.74) is 0.127. The zero-order chi connectivity index (χ0) is 17.5. The van der Waals surface area contributed by atoms with Crippen molar-refractivity contribution in [1.29, 1.82) is 0 Å². The molecule has 0 saturated carbocycles. The summed E-state index contributed by atoms with van der Waals surface area (Å²) in [7, 11) is 0. The summed E-state index contributed by atoms with van der Waals surface area (Å²) in [5.74, 6) is -0.0849. The number of amides is 2. The zero-order valence-electron chi connectivity index (χ0n) is 14.5. The number of anilines is 1. The summed E-state index contributed by atoms with van der Waals surface area (Å²) < 4.78 is 24.7. The molecule has 134 valence electrons. The number of rotatable bonds is 6. The van der Waals surface area contributed by atoms with Crippen LogP contribution in [0.3, 0.4) is 0 Å². The van der Waals surface area contributed by atoms with Crippen LogP contribution in [0, 0.1) is 5.82 Å². The van der Waals surface area contributed by atoms with Crippen molar-refractivity contribution in [3.8, 4) is 5.75 Å². The predicted molar refractivity (Wildman–Crippen MR) is 91.0 cm³/mol. The Bertz CT molecular complexity index is 548. The van der Waals surface area contributed by atoms with E-state index in [9.17, 15) is 9.18 Å². The van der Waals surface area contributed by atoms with Crippen molar-refractivity contribution in [2.75, 3.05) is 38.2 Å². The molecule has 7 heteroatoms. The van der Waals surface area contributed by atoms with Gasteiger partial charge in [0.05, 0.1) is 25.0 Å². The number of morpholine rings is 1. The minimum Gasteiger partial charge on any atom is -0.491 e. The molecule has 0 aromatic heterocycles. The van der Waals surface area contributed by atoms with Crippen molar-refractivity contribution >= 4 is 11.7 Å². The number of nitrogens with one attached hydrogen (secondary N) is 2. The SMILES string of the molecule is CC(C)Oc1ccc(NC(=O)N[C@H](C)CN2CCOCC2)c(F)c1. The van der Waals surface area contributed by atoms with Crippen LogP contribution < -0.4 is 15.4 Å². The van der Waals surface area contributed by atoms with Crippen LogP contribution in [0.1, 0.15) is 20.8 Å². The van der Waals surface area contributed by atoms with Crippen LogP contribution in [-0.4, -0.2) is 55.9 Å². The van der Waals surface area contributed by atoms with E-state index >= 15 is 0 Å². The molecule has 1 fully saturated rings. The lowest BCUT2D eigenvalue weighted by Gasteiger charge is -2.29. The third kappa shape index (κ3) is 5.98. The van der Waals surface area contributed by atoms with E-state index in [0.717, 1.165) is 32.8 Å². The molecule has 1 heterocycles. The van der Waals surface area contributed by atoms with Gasteiger partial charge in [0.1, 0.15) is 11.6 Å². The topological polar surface area (TPSA) is 62.8 Å². The van der Waals surface area contributed by atoms with Crippen molar-refractivity contribution in [2.45, 2.75) is 32.9 Å². The van der Waals surface area contributed by atoms with Crippen molar-refractivity contribution in [1.82, 2.24) is 10.2 Å². The Kier molecular flexibility index (Phi) is 6.81. The summed E-state index contributed by atoms with van der Waals surface area (Å²) in [6.45, 7) is 9.55. The highest BCUT2D eigenvalue weighted by atomic mass is 19.1. The number of carbonyl (C=O) groups excluding carboxylic acids is 1. The molecule has 2 amide bonds. The Labute approximate surface area is 142 Å². The van der Waals surface area contributed by atoms with Crippen LogP contribution in [0.15, 0.2) is 18.2 Å². The van der Waals surface area contributed by atoms with Crippen LogP contribution in [-0.2, 0) is 4.74 Å². The van der Waals surface area contributed by atoms with Crippen LogP contribution in [0.4, 0.5) is 14.9 Å². The molecule has 1 saturated heterocycles.